The molecule has 4 heteroatoms. The third kappa shape index (κ3) is 4.15. The lowest BCUT2D eigenvalue weighted by Crippen LogP contribution is -2.50. The topological polar surface area (TPSA) is 41.6 Å². The number of nitrogens with one attached hydrogen (secondary N) is 1. The van der Waals surface area contributed by atoms with Crippen molar-refractivity contribution in [1.29, 1.82) is 0 Å². The van der Waals surface area contributed by atoms with Crippen LogP contribution in [0.2, 0.25) is 0 Å². The summed E-state index contributed by atoms with van der Waals surface area (Å²) in [7, 11) is 0. The molecule has 4 rings (SSSR count). The van der Waals surface area contributed by atoms with Crippen molar-refractivity contribution in [3.8, 4) is 5.75 Å². The van der Waals surface area contributed by atoms with Crippen LogP contribution in [0.5, 0.6) is 5.75 Å². The molecule has 3 aromatic carbocycles. The molecule has 1 N–H and O–H groups in total. The zero-order valence-electron chi connectivity index (χ0n) is 18.4. The number of rotatable bonds is 6. The van der Waals surface area contributed by atoms with Crippen LogP contribution < -0.4 is 15.0 Å². The van der Waals surface area contributed by atoms with E-state index < -0.39 is 0 Å². The van der Waals surface area contributed by atoms with Gasteiger partial charge >= 0.3 is 0 Å². The van der Waals surface area contributed by atoms with Crippen LogP contribution in [-0.4, -0.2) is 18.6 Å². The maximum absolute atomic E-state index is 13.7. The molecule has 1 aliphatic rings. The van der Waals surface area contributed by atoms with E-state index in [9.17, 15) is 4.79 Å². The van der Waals surface area contributed by atoms with Gasteiger partial charge in [-0.1, -0.05) is 50.2 Å². The van der Waals surface area contributed by atoms with E-state index in [4.69, 9.17) is 4.74 Å². The fourth-order valence-electron chi connectivity index (χ4n) is 4.63. The zero-order valence-corrected chi connectivity index (χ0v) is 18.4. The number of hydrogen-bond donors (Lipinski definition) is 1. The molecule has 1 heterocycles. The van der Waals surface area contributed by atoms with Gasteiger partial charge in [0.1, 0.15) is 5.75 Å². The highest BCUT2D eigenvalue weighted by Crippen LogP contribution is 2.44. The summed E-state index contributed by atoms with van der Waals surface area (Å²) < 4.78 is 5.54. The number of ether oxygens (including phenoxy) is 1. The summed E-state index contributed by atoms with van der Waals surface area (Å²) in [6.07, 6.45) is 0.880. The first-order valence-corrected chi connectivity index (χ1v) is 11.1. The van der Waals surface area contributed by atoms with E-state index in [1.165, 1.54) is 0 Å². The Bertz CT molecular complexity index is 1020. The number of fused-ring (bicyclic) bond motifs is 1. The molecule has 4 nitrogen and oxygen atoms in total. The van der Waals surface area contributed by atoms with Crippen LogP contribution in [-0.2, 0) is 0 Å². The zero-order chi connectivity index (χ0) is 21.8. The SMILES string of the molecule is CCOc1ccc(C(=O)N2c3ccccc3[C@@H](Nc3ccccc3)[C@@H](C)[C@H]2CC)cc1. The maximum Gasteiger partial charge on any atom is 0.258 e. The third-order valence-corrected chi connectivity index (χ3v) is 6.14. The standard InChI is InChI=1S/C27H30N2O2/c1-4-24-19(3)26(28-21-11-7-6-8-12-21)23-13-9-10-14-25(23)29(24)27(30)20-15-17-22(18-16-20)31-5-2/h6-19,24,26,28H,4-5H2,1-3H3/t19-,24+,26-/m0/s1. The second kappa shape index (κ2) is 9.25. The van der Waals surface area contributed by atoms with Crippen LogP contribution in [0.15, 0.2) is 78.9 Å². The van der Waals surface area contributed by atoms with Gasteiger partial charge in [-0.3, -0.25) is 4.79 Å². The van der Waals surface area contributed by atoms with Gasteiger partial charge in [0.25, 0.3) is 5.91 Å². The van der Waals surface area contributed by atoms with Crippen molar-refractivity contribution in [1.82, 2.24) is 0 Å². The van der Waals surface area contributed by atoms with Crippen LogP contribution in [0.25, 0.3) is 0 Å². The van der Waals surface area contributed by atoms with Crippen molar-refractivity contribution in [2.24, 2.45) is 5.92 Å². The Balaban J connectivity index is 1.71. The summed E-state index contributed by atoms with van der Waals surface area (Å²) in [6, 6.07) is 26.3. The molecule has 0 aromatic heterocycles. The van der Waals surface area contributed by atoms with E-state index >= 15 is 0 Å². The minimum atomic E-state index is 0.0346. The van der Waals surface area contributed by atoms with Crippen LogP contribution >= 0.6 is 0 Å². The molecule has 0 fully saturated rings. The van der Waals surface area contributed by atoms with Crippen molar-refractivity contribution in [2.45, 2.75) is 39.3 Å². The second-order valence-electron chi connectivity index (χ2n) is 8.01. The number of anilines is 2. The molecule has 1 aliphatic heterocycles. The van der Waals surface area contributed by atoms with E-state index in [1.54, 1.807) is 0 Å². The fraction of sp³-hybridized carbons (Fsp3) is 0.296. The number of hydrogen-bond acceptors (Lipinski definition) is 3. The molecule has 0 bridgehead atoms. The average Bonchev–Trinajstić information content (AvgIpc) is 2.81. The van der Waals surface area contributed by atoms with Gasteiger partial charge in [-0.05, 0) is 61.4 Å². The smallest absolute Gasteiger partial charge is 0.258 e. The van der Waals surface area contributed by atoms with Crippen molar-refractivity contribution in [2.75, 3.05) is 16.8 Å². The summed E-state index contributed by atoms with van der Waals surface area (Å²) in [4.78, 5) is 15.7. The Morgan fingerprint density at radius 2 is 1.61 bits per heavy atom. The van der Waals surface area contributed by atoms with Gasteiger partial charge in [0.2, 0.25) is 0 Å². The van der Waals surface area contributed by atoms with Gasteiger partial charge in [0.15, 0.2) is 0 Å². The second-order valence-corrected chi connectivity index (χ2v) is 8.01. The van der Waals surface area contributed by atoms with Gasteiger partial charge in [-0.15, -0.1) is 0 Å². The van der Waals surface area contributed by atoms with Crippen molar-refractivity contribution in [3.05, 3.63) is 90.0 Å². The molecule has 0 spiro atoms. The Morgan fingerprint density at radius 1 is 0.935 bits per heavy atom. The highest BCUT2D eigenvalue weighted by atomic mass is 16.5. The molecule has 0 radical (unpaired) electrons. The number of carbonyl (C=O) groups excluding carboxylic acids is 1. The number of carbonyl (C=O) groups is 1. The van der Waals surface area contributed by atoms with Gasteiger partial charge in [-0.2, -0.15) is 0 Å². The lowest BCUT2D eigenvalue weighted by molar-refractivity contribution is 0.0960. The monoisotopic (exact) mass is 414 g/mol. The molecule has 0 saturated carbocycles. The Morgan fingerprint density at radius 3 is 2.29 bits per heavy atom. The highest BCUT2D eigenvalue weighted by Gasteiger charge is 2.40. The molecule has 1 amide bonds. The number of amides is 1. The summed E-state index contributed by atoms with van der Waals surface area (Å²) in [5.74, 6) is 1.06. The normalized spacial score (nSPS) is 20.1. The van der Waals surface area contributed by atoms with E-state index in [0.717, 1.165) is 29.1 Å². The van der Waals surface area contributed by atoms with Crippen LogP contribution in [0, 0.1) is 5.92 Å². The molecule has 0 aliphatic carbocycles. The summed E-state index contributed by atoms with van der Waals surface area (Å²) in [6.45, 7) is 6.96. The van der Waals surface area contributed by atoms with E-state index in [-0.39, 0.29) is 23.9 Å². The average molecular weight is 415 g/mol. The predicted molar refractivity (Wildman–Crippen MR) is 127 cm³/mol. The first kappa shape index (κ1) is 21.0. The number of nitrogens with zero attached hydrogens (tertiary/aromatic N) is 1. The predicted octanol–water partition coefficient (Wildman–Crippen LogP) is 6.31. The Kier molecular flexibility index (Phi) is 6.26. The van der Waals surface area contributed by atoms with Crippen LogP contribution in [0.1, 0.15) is 49.2 Å². The maximum atomic E-state index is 13.7. The fourth-order valence-corrected chi connectivity index (χ4v) is 4.63. The van der Waals surface area contributed by atoms with E-state index in [0.29, 0.717) is 12.2 Å². The summed E-state index contributed by atoms with van der Waals surface area (Å²) in [5.41, 5.74) is 3.91. The minimum Gasteiger partial charge on any atom is -0.494 e. The molecular weight excluding hydrogens is 384 g/mol. The van der Waals surface area contributed by atoms with E-state index in [1.807, 2.05) is 60.4 Å². The number of para-hydroxylation sites is 2. The lowest BCUT2D eigenvalue weighted by atomic mass is 9.80. The van der Waals surface area contributed by atoms with Crippen molar-refractivity contribution >= 4 is 17.3 Å². The molecule has 3 atom stereocenters. The molecule has 0 saturated heterocycles. The largest absolute Gasteiger partial charge is 0.494 e. The van der Waals surface area contributed by atoms with Crippen molar-refractivity contribution in [3.63, 3.8) is 0 Å². The number of benzene rings is 3. The van der Waals surface area contributed by atoms with Crippen LogP contribution in [0.3, 0.4) is 0 Å². The molecule has 31 heavy (non-hydrogen) atoms. The van der Waals surface area contributed by atoms with Gasteiger partial charge < -0.3 is 15.0 Å². The first-order valence-electron chi connectivity index (χ1n) is 11.1. The molecule has 3 aromatic rings. The van der Waals surface area contributed by atoms with E-state index in [2.05, 4.69) is 49.5 Å². The van der Waals surface area contributed by atoms with Gasteiger partial charge in [-0.25, -0.2) is 0 Å². The third-order valence-electron chi connectivity index (χ3n) is 6.14. The highest BCUT2D eigenvalue weighted by molar-refractivity contribution is 6.07. The lowest BCUT2D eigenvalue weighted by Gasteiger charge is -2.45. The molecular formula is C27H30N2O2. The summed E-state index contributed by atoms with van der Waals surface area (Å²) in [5, 5.41) is 3.72. The quantitative estimate of drug-likeness (QED) is 0.514. The minimum absolute atomic E-state index is 0.0346. The Hall–Kier alpha value is -3.27. The van der Waals surface area contributed by atoms with Crippen LogP contribution in [0.4, 0.5) is 11.4 Å². The summed E-state index contributed by atoms with van der Waals surface area (Å²) >= 11 is 0. The first-order chi connectivity index (χ1) is 15.1. The Labute approximate surface area is 184 Å². The molecule has 160 valence electrons. The van der Waals surface area contributed by atoms with Gasteiger partial charge in [0.05, 0.1) is 12.6 Å². The van der Waals surface area contributed by atoms with Crippen molar-refractivity contribution < 1.29 is 9.53 Å². The molecule has 0 unspecified atom stereocenters. The van der Waals surface area contributed by atoms with Gasteiger partial charge in [0, 0.05) is 28.9 Å².